The lowest BCUT2D eigenvalue weighted by Gasteiger charge is -2.38. The second-order valence-corrected chi connectivity index (χ2v) is 7.35. The van der Waals surface area contributed by atoms with E-state index in [4.69, 9.17) is 9.47 Å². The monoisotopic (exact) mass is 399 g/mol. The van der Waals surface area contributed by atoms with Gasteiger partial charge in [-0.1, -0.05) is 19.1 Å². The van der Waals surface area contributed by atoms with E-state index >= 15 is 0 Å². The number of nitrogens with one attached hydrogen (secondary N) is 1. The highest BCUT2D eigenvalue weighted by atomic mass is 16.5. The van der Waals surface area contributed by atoms with Gasteiger partial charge >= 0.3 is 11.9 Å². The van der Waals surface area contributed by atoms with Gasteiger partial charge in [0.05, 0.1) is 19.3 Å². The summed E-state index contributed by atoms with van der Waals surface area (Å²) in [6.07, 6.45) is 0.475. The molecule has 1 aliphatic heterocycles. The van der Waals surface area contributed by atoms with Crippen molar-refractivity contribution in [3.05, 3.63) is 52.4 Å². The Bertz CT molecular complexity index is 912. The molecule has 0 saturated carbocycles. The molecule has 0 fully saturated rings. The molecule has 3 rings (SSSR count). The minimum absolute atomic E-state index is 0.0753. The van der Waals surface area contributed by atoms with Gasteiger partial charge in [-0.25, -0.2) is 4.79 Å². The third-order valence-corrected chi connectivity index (χ3v) is 5.46. The standard InChI is InChI=1S/C22H25NO6/c1-5-29-22(27)17-12(3)23-15-10-11(2)16(21(26)28-4)20(25)19(15)18(17)13-6-8-14(24)9-7-13/h6-9,11,16,18,23-24H,5,10H2,1-4H3/t11-,16+,18-/m1/s1. The summed E-state index contributed by atoms with van der Waals surface area (Å²) >= 11 is 0. The van der Waals surface area contributed by atoms with Gasteiger partial charge in [-0.05, 0) is 43.9 Å². The number of methoxy groups -OCH3 is 1. The molecular weight excluding hydrogens is 374 g/mol. The van der Waals surface area contributed by atoms with Crippen LogP contribution in [0.2, 0.25) is 0 Å². The first-order valence-electron chi connectivity index (χ1n) is 9.59. The first kappa shape index (κ1) is 20.6. The number of phenolic OH excluding ortho intramolecular Hbond substituents is 1. The predicted octanol–water partition coefficient (Wildman–Crippen LogP) is 2.57. The number of carbonyl (C=O) groups is 3. The highest BCUT2D eigenvalue weighted by Crippen LogP contribution is 2.45. The summed E-state index contributed by atoms with van der Waals surface area (Å²) in [5.74, 6) is -3.25. The van der Waals surface area contributed by atoms with Crippen LogP contribution in [0.5, 0.6) is 5.75 Å². The number of carbonyl (C=O) groups excluding carboxylic acids is 3. The van der Waals surface area contributed by atoms with Crippen molar-refractivity contribution in [2.75, 3.05) is 13.7 Å². The van der Waals surface area contributed by atoms with Crippen LogP contribution >= 0.6 is 0 Å². The predicted molar refractivity (Wildman–Crippen MR) is 105 cm³/mol. The van der Waals surface area contributed by atoms with Gasteiger partial charge in [0.25, 0.3) is 0 Å². The number of benzene rings is 1. The van der Waals surface area contributed by atoms with Gasteiger partial charge in [0, 0.05) is 22.9 Å². The Kier molecular flexibility index (Phi) is 5.77. The molecule has 3 atom stereocenters. The second kappa shape index (κ2) is 8.11. The van der Waals surface area contributed by atoms with E-state index in [1.807, 2.05) is 6.92 Å². The first-order chi connectivity index (χ1) is 13.8. The van der Waals surface area contributed by atoms with E-state index in [-0.39, 0.29) is 24.1 Å². The van der Waals surface area contributed by atoms with Crippen LogP contribution in [0, 0.1) is 11.8 Å². The third-order valence-electron chi connectivity index (χ3n) is 5.46. The molecule has 2 N–H and O–H groups in total. The Morgan fingerprint density at radius 3 is 2.48 bits per heavy atom. The third kappa shape index (κ3) is 3.64. The number of rotatable bonds is 4. The maximum Gasteiger partial charge on any atom is 0.336 e. The molecule has 1 heterocycles. The van der Waals surface area contributed by atoms with Gasteiger partial charge in [-0.15, -0.1) is 0 Å². The summed E-state index contributed by atoms with van der Waals surface area (Å²) in [6.45, 7) is 5.51. The van der Waals surface area contributed by atoms with Crippen molar-refractivity contribution in [1.29, 1.82) is 0 Å². The van der Waals surface area contributed by atoms with E-state index in [0.717, 1.165) is 0 Å². The lowest BCUT2D eigenvalue weighted by molar-refractivity contribution is -0.151. The lowest BCUT2D eigenvalue weighted by atomic mass is 9.69. The molecule has 1 aromatic rings. The smallest absolute Gasteiger partial charge is 0.336 e. The molecule has 0 amide bonds. The molecule has 2 aliphatic rings. The van der Waals surface area contributed by atoms with Gasteiger partial charge in [-0.3, -0.25) is 9.59 Å². The fourth-order valence-electron chi connectivity index (χ4n) is 4.16. The van der Waals surface area contributed by atoms with E-state index in [1.54, 1.807) is 26.0 Å². The van der Waals surface area contributed by atoms with Crippen molar-refractivity contribution in [3.8, 4) is 5.75 Å². The van der Waals surface area contributed by atoms with E-state index in [9.17, 15) is 19.5 Å². The number of phenols is 1. The van der Waals surface area contributed by atoms with Gasteiger partial charge < -0.3 is 19.9 Å². The van der Waals surface area contributed by atoms with Crippen molar-refractivity contribution in [2.24, 2.45) is 11.8 Å². The van der Waals surface area contributed by atoms with Crippen LogP contribution in [0.25, 0.3) is 0 Å². The molecule has 7 heteroatoms. The number of dihydropyridines is 1. The molecule has 29 heavy (non-hydrogen) atoms. The minimum atomic E-state index is -0.929. The van der Waals surface area contributed by atoms with E-state index in [1.165, 1.54) is 19.2 Å². The summed E-state index contributed by atoms with van der Waals surface area (Å²) in [4.78, 5) is 38.5. The van der Waals surface area contributed by atoms with Crippen LogP contribution < -0.4 is 5.32 Å². The number of Topliss-reactive ketones (excluding diaryl/α,β-unsaturated/α-hetero) is 1. The zero-order chi connectivity index (χ0) is 21.3. The topological polar surface area (TPSA) is 102 Å². The Labute approximate surface area is 169 Å². The maximum atomic E-state index is 13.4. The molecule has 0 saturated heterocycles. The highest BCUT2D eigenvalue weighted by molar-refractivity contribution is 6.12. The van der Waals surface area contributed by atoms with Crippen LogP contribution in [-0.2, 0) is 23.9 Å². The molecular formula is C22H25NO6. The van der Waals surface area contributed by atoms with Gasteiger partial charge in [0.2, 0.25) is 0 Å². The fourth-order valence-corrected chi connectivity index (χ4v) is 4.16. The summed E-state index contributed by atoms with van der Waals surface area (Å²) in [7, 11) is 1.26. The Morgan fingerprint density at radius 1 is 1.24 bits per heavy atom. The van der Waals surface area contributed by atoms with Crippen LogP contribution in [0.1, 0.15) is 38.7 Å². The first-order valence-corrected chi connectivity index (χ1v) is 9.59. The number of esters is 2. The largest absolute Gasteiger partial charge is 0.508 e. The van der Waals surface area contributed by atoms with Gasteiger partial charge in [0.15, 0.2) is 5.78 Å². The van der Waals surface area contributed by atoms with Crippen LogP contribution in [0.4, 0.5) is 0 Å². The number of ketones is 1. The average molecular weight is 399 g/mol. The molecule has 0 unspecified atom stereocenters. The number of allylic oxidation sites excluding steroid dienone is 3. The van der Waals surface area contributed by atoms with E-state index in [2.05, 4.69) is 5.32 Å². The summed E-state index contributed by atoms with van der Waals surface area (Å²) in [5.41, 5.74) is 2.66. The molecule has 7 nitrogen and oxygen atoms in total. The summed E-state index contributed by atoms with van der Waals surface area (Å²) in [5, 5.41) is 12.9. The average Bonchev–Trinajstić information content (AvgIpc) is 2.67. The zero-order valence-corrected chi connectivity index (χ0v) is 16.9. The van der Waals surface area contributed by atoms with Crippen LogP contribution in [0.3, 0.4) is 0 Å². The normalized spacial score (nSPS) is 24.0. The molecule has 0 bridgehead atoms. The molecule has 1 aliphatic carbocycles. The van der Waals surface area contributed by atoms with Crippen molar-refractivity contribution in [1.82, 2.24) is 5.32 Å². The molecule has 1 aromatic carbocycles. The maximum absolute atomic E-state index is 13.4. The van der Waals surface area contributed by atoms with E-state index < -0.39 is 23.8 Å². The number of aromatic hydroxyl groups is 1. The highest BCUT2D eigenvalue weighted by Gasteiger charge is 2.47. The minimum Gasteiger partial charge on any atom is -0.508 e. The SMILES string of the molecule is CCOC(=O)C1=C(C)NC2=C(C(=O)[C@@H](C(=O)OC)[C@H](C)C2)[C@@H]1c1ccc(O)cc1. The summed E-state index contributed by atoms with van der Waals surface area (Å²) < 4.78 is 10.1. The molecule has 0 spiro atoms. The Hall–Kier alpha value is -3.09. The fraction of sp³-hybridized carbons (Fsp3) is 0.409. The Balaban J connectivity index is 2.18. The van der Waals surface area contributed by atoms with Crippen molar-refractivity contribution < 1.29 is 29.0 Å². The summed E-state index contributed by atoms with van der Waals surface area (Å²) in [6, 6.07) is 6.34. The van der Waals surface area contributed by atoms with Crippen LogP contribution in [-0.4, -0.2) is 36.5 Å². The van der Waals surface area contributed by atoms with Gasteiger partial charge in [-0.2, -0.15) is 0 Å². The lowest BCUT2D eigenvalue weighted by Crippen LogP contribution is -2.43. The number of hydrogen-bond donors (Lipinski definition) is 2. The van der Waals surface area contributed by atoms with Crippen molar-refractivity contribution in [3.63, 3.8) is 0 Å². The number of ether oxygens (including phenoxy) is 2. The van der Waals surface area contributed by atoms with Crippen LogP contribution in [0.15, 0.2) is 46.8 Å². The second-order valence-electron chi connectivity index (χ2n) is 7.35. The molecule has 0 radical (unpaired) electrons. The zero-order valence-electron chi connectivity index (χ0n) is 16.9. The van der Waals surface area contributed by atoms with Crippen molar-refractivity contribution in [2.45, 2.75) is 33.1 Å². The number of hydrogen-bond acceptors (Lipinski definition) is 7. The van der Waals surface area contributed by atoms with Crippen molar-refractivity contribution >= 4 is 17.7 Å². The van der Waals surface area contributed by atoms with E-state index in [0.29, 0.717) is 34.5 Å². The molecule has 154 valence electrons. The molecule has 0 aromatic heterocycles. The quantitative estimate of drug-likeness (QED) is 0.593. The van der Waals surface area contributed by atoms with Gasteiger partial charge in [0.1, 0.15) is 11.7 Å². The Morgan fingerprint density at radius 2 is 1.90 bits per heavy atom.